The highest BCUT2D eigenvalue weighted by atomic mass is 16.5. The zero-order valence-electron chi connectivity index (χ0n) is 17.8. The Labute approximate surface area is 167 Å². The Hall–Kier alpha value is -0.900. The molecule has 0 amide bonds. The van der Waals surface area contributed by atoms with Gasteiger partial charge in [-0.05, 0) is 6.42 Å². The summed E-state index contributed by atoms with van der Waals surface area (Å²) in [6.07, 6.45) is 21.5. The summed E-state index contributed by atoms with van der Waals surface area (Å²) in [5.74, 6) is -1.05. The molecule has 0 saturated heterocycles. The van der Waals surface area contributed by atoms with Crippen molar-refractivity contribution in [2.75, 3.05) is 13.2 Å². The third kappa shape index (κ3) is 23.1. The van der Waals surface area contributed by atoms with Crippen LogP contribution in [0.1, 0.15) is 122 Å². The second-order valence-corrected chi connectivity index (χ2v) is 7.79. The van der Waals surface area contributed by atoms with Gasteiger partial charge >= 0.3 is 5.97 Å². The summed E-state index contributed by atoms with van der Waals surface area (Å²) in [5, 5.41) is 8.50. The minimum absolute atomic E-state index is 0.0615. The summed E-state index contributed by atoms with van der Waals surface area (Å²) < 4.78 is 5.30. The van der Waals surface area contributed by atoms with Crippen molar-refractivity contribution in [2.45, 2.75) is 122 Å². The van der Waals surface area contributed by atoms with E-state index in [1.54, 1.807) is 0 Å². The molecule has 0 spiro atoms. The molecule has 160 valence electrons. The molecule has 0 bridgehead atoms. The summed E-state index contributed by atoms with van der Waals surface area (Å²) in [6.45, 7) is 2.94. The molecule has 0 unspecified atom stereocenters. The number of hydrogen-bond donors (Lipinski definition) is 1. The molecule has 0 aromatic heterocycles. The third-order valence-electron chi connectivity index (χ3n) is 5.02. The van der Waals surface area contributed by atoms with Crippen molar-refractivity contribution in [3.8, 4) is 0 Å². The van der Waals surface area contributed by atoms with E-state index in [0.29, 0.717) is 6.61 Å². The Balaban J connectivity index is 3.09. The lowest BCUT2D eigenvalue weighted by molar-refractivity contribution is -0.139. The van der Waals surface area contributed by atoms with Gasteiger partial charge in [-0.1, -0.05) is 103 Å². The van der Waals surface area contributed by atoms with Crippen LogP contribution >= 0.6 is 0 Å². The van der Waals surface area contributed by atoms with Crippen LogP contribution in [0.15, 0.2) is 0 Å². The average molecular weight is 385 g/mol. The van der Waals surface area contributed by atoms with E-state index in [1.165, 1.54) is 89.9 Å². The molecule has 4 heteroatoms. The minimum atomic E-state index is -0.929. The average Bonchev–Trinajstić information content (AvgIpc) is 2.65. The molecule has 0 aliphatic heterocycles. The van der Waals surface area contributed by atoms with E-state index in [1.807, 2.05) is 0 Å². The monoisotopic (exact) mass is 384 g/mol. The van der Waals surface area contributed by atoms with Crippen LogP contribution in [0.2, 0.25) is 0 Å². The lowest BCUT2D eigenvalue weighted by Crippen LogP contribution is -2.11. The van der Waals surface area contributed by atoms with Gasteiger partial charge in [0.25, 0.3) is 0 Å². The number of rotatable bonds is 22. The molecule has 0 heterocycles. The number of Topliss-reactive ketones (excluding diaryl/α,β-unsaturated/α-hetero) is 1. The van der Waals surface area contributed by atoms with Crippen LogP contribution in [0.5, 0.6) is 0 Å². The van der Waals surface area contributed by atoms with Gasteiger partial charge in [-0.2, -0.15) is 0 Å². The Morgan fingerprint density at radius 2 is 1.04 bits per heavy atom. The fourth-order valence-corrected chi connectivity index (χ4v) is 3.26. The van der Waals surface area contributed by atoms with Crippen LogP contribution in [0.3, 0.4) is 0 Å². The molecule has 27 heavy (non-hydrogen) atoms. The molecule has 0 rings (SSSR count). The smallest absolute Gasteiger partial charge is 0.303 e. The van der Waals surface area contributed by atoms with Crippen molar-refractivity contribution < 1.29 is 19.4 Å². The third-order valence-corrected chi connectivity index (χ3v) is 5.02. The van der Waals surface area contributed by atoms with Crippen LogP contribution in [0.4, 0.5) is 0 Å². The molecule has 0 radical (unpaired) electrons. The normalized spacial score (nSPS) is 11.0. The number of unbranched alkanes of at least 4 members (excludes halogenated alkanes) is 15. The zero-order valence-corrected chi connectivity index (χ0v) is 17.8. The lowest BCUT2D eigenvalue weighted by atomic mass is 10.0. The van der Waals surface area contributed by atoms with Gasteiger partial charge in [0.1, 0.15) is 6.61 Å². The van der Waals surface area contributed by atoms with Crippen LogP contribution in [0, 0.1) is 0 Å². The van der Waals surface area contributed by atoms with E-state index < -0.39 is 5.97 Å². The number of carboxylic acid groups (broad SMARTS) is 1. The summed E-state index contributed by atoms with van der Waals surface area (Å²) in [7, 11) is 0. The maximum atomic E-state index is 11.3. The summed E-state index contributed by atoms with van der Waals surface area (Å²) >= 11 is 0. The number of carboxylic acids is 1. The van der Waals surface area contributed by atoms with Crippen molar-refractivity contribution in [3.05, 3.63) is 0 Å². The van der Waals surface area contributed by atoms with Gasteiger partial charge in [-0.3, -0.25) is 9.59 Å². The van der Waals surface area contributed by atoms with Gasteiger partial charge in [0.15, 0.2) is 5.78 Å². The molecule has 0 aliphatic carbocycles. The van der Waals surface area contributed by atoms with Crippen LogP contribution < -0.4 is 0 Å². The number of aliphatic carboxylic acids is 1. The highest BCUT2D eigenvalue weighted by Crippen LogP contribution is 2.13. The molecular formula is C23H44O4. The van der Waals surface area contributed by atoms with E-state index >= 15 is 0 Å². The number of carbonyl (C=O) groups is 2. The Morgan fingerprint density at radius 3 is 1.44 bits per heavy atom. The van der Waals surface area contributed by atoms with E-state index in [9.17, 15) is 9.59 Å². The van der Waals surface area contributed by atoms with E-state index in [2.05, 4.69) is 6.92 Å². The molecule has 0 atom stereocenters. The van der Waals surface area contributed by atoms with Crippen molar-refractivity contribution in [2.24, 2.45) is 0 Å². The van der Waals surface area contributed by atoms with E-state index in [0.717, 1.165) is 12.8 Å². The zero-order chi connectivity index (χ0) is 20.0. The fraction of sp³-hybridized carbons (Fsp3) is 0.913. The summed E-state index contributed by atoms with van der Waals surface area (Å²) in [5.41, 5.74) is 0. The van der Waals surface area contributed by atoms with E-state index in [-0.39, 0.29) is 25.2 Å². The predicted octanol–water partition coefficient (Wildman–Crippen LogP) is 6.70. The molecule has 4 nitrogen and oxygen atoms in total. The van der Waals surface area contributed by atoms with Gasteiger partial charge in [-0.15, -0.1) is 0 Å². The molecule has 0 aromatic rings. The summed E-state index contributed by atoms with van der Waals surface area (Å²) in [4.78, 5) is 21.7. The Morgan fingerprint density at radius 1 is 0.630 bits per heavy atom. The molecule has 0 aliphatic rings. The van der Waals surface area contributed by atoms with Gasteiger partial charge in [0.05, 0.1) is 6.42 Å². The van der Waals surface area contributed by atoms with Crippen LogP contribution in [0.25, 0.3) is 0 Å². The Bertz CT molecular complexity index is 341. The van der Waals surface area contributed by atoms with Gasteiger partial charge < -0.3 is 9.84 Å². The topological polar surface area (TPSA) is 63.6 Å². The number of ketones is 1. The predicted molar refractivity (Wildman–Crippen MR) is 112 cm³/mol. The van der Waals surface area contributed by atoms with Crippen molar-refractivity contribution in [1.82, 2.24) is 0 Å². The first-order chi connectivity index (χ1) is 13.2. The molecular weight excluding hydrogens is 340 g/mol. The molecule has 1 N–H and O–H groups in total. The highest BCUT2D eigenvalue weighted by molar-refractivity contribution is 5.83. The lowest BCUT2D eigenvalue weighted by Gasteiger charge is -2.04. The van der Waals surface area contributed by atoms with Crippen LogP contribution in [-0.2, 0) is 14.3 Å². The van der Waals surface area contributed by atoms with Crippen LogP contribution in [-0.4, -0.2) is 30.1 Å². The molecule has 0 aromatic carbocycles. The summed E-state index contributed by atoms with van der Waals surface area (Å²) in [6, 6.07) is 0. The Kier molecular flexibility index (Phi) is 20.7. The second kappa shape index (κ2) is 21.4. The van der Waals surface area contributed by atoms with Crippen molar-refractivity contribution in [3.63, 3.8) is 0 Å². The van der Waals surface area contributed by atoms with Crippen molar-refractivity contribution >= 4 is 11.8 Å². The van der Waals surface area contributed by atoms with Gasteiger partial charge in [0, 0.05) is 13.0 Å². The fourth-order valence-electron chi connectivity index (χ4n) is 3.26. The largest absolute Gasteiger partial charge is 0.481 e. The van der Waals surface area contributed by atoms with E-state index in [4.69, 9.17) is 9.84 Å². The highest BCUT2D eigenvalue weighted by Gasteiger charge is 2.05. The standard InChI is InChI=1S/C23H44O4/c1-2-3-4-5-6-7-8-9-10-11-12-13-14-15-16-17-20-27-21-22(24)18-19-23(25)26/h2-21H2,1H3,(H,25,26). The van der Waals surface area contributed by atoms with Gasteiger partial charge in [0.2, 0.25) is 0 Å². The van der Waals surface area contributed by atoms with Crippen molar-refractivity contribution in [1.29, 1.82) is 0 Å². The second-order valence-electron chi connectivity index (χ2n) is 7.79. The first-order valence-corrected chi connectivity index (χ1v) is 11.5. The SMILES string of the molecule is CCCCCCCCCCCCCCCCCCOCC(=O)CCC(=O)O. The number of carbonyl (C=O) groups excluding carboxylic acids is 1. The number of hydrogen-bond acceptors (Lipinski definition) is 3. The first kappa shape index (κ1) is 26.1. The van der Waals surface area contributed by atoms with Gasteiger partial charge in [-0.25, -0.2) is 0 Å². The molecule has 0 fully saturated rings. The maximum absolute atomic E-state index is 11.3. The maximum Gasteiger partial charge on any atom is 0.303 e. The first-order valence-electron chi connectivity index (χ1n) is 11.5. The minimum Gasteiger partial charge on any atom is -0.481 e. The molecule has 0 saturated carbocycles. The quantitative estimate of drug-likeness (QED) is 0.211. The number of ether oxygens (including phenoxy) is 1.